The molecule has 0 spiro atoms. The second kappa shape index (κ2) is 12.1. The summed E-state index contributed by atoms with van der Waals surface area (Å²) in [6.45, 7) is 9.20. The van der Waals surface area contributed by atoms with E-state index in [9.17, 15) is 18.0 Å². The van der Waals surface area contributed by atoms with Crippen molar-refractivity contribution in [1.82, 2.24) is 10.2 Å². The van der Waals surface area contributed by atoms with Gasteiger partial charge in [0.05, 0.1) is 18.6 Å². The average molecular weight is 504 g/mol. The number of nitrogens with one attached hydrogen (secondary N) is 1. The van der Waals surface area contributed by atoms with Gasteiger partial charge >= 0.3 is 0 Å². The molecule has 0 heterocycles. The minimum Gasteiger partial charge on any atom is -0.492 e. The summed E-state index contributed by atoms with van der Waals surface area (Å²) in [5.41, 5.74) is 0.810. The van der Waals surface area contributed by atoms with E-state index in [-0.39, 0.29) is 18.1 Å². The molecule has 192 valence electrons. The zero-order valence-electron chi connectivity index (χ0n) is 21.4. The highest BCUT2D eigenvalue weighted by Crippen LogP contribution is 2.30. The lowest BCUT2D eigenvalue weighted by Crippen LogP contribution is -2.55. The third-order valence-corrected chi connectivity index (χ3v) is 6.39. The van der Waals surface area contributed by atoms with Gasteiger partial charge in [0.2, 0.25) is 21.8 Å². The van der Waals surface area contributed by atoms with Crippen molar-refractivity contribution in [1.29, 1.82) is 0 Å². The summed E-state index contributed by atoms with van der Waals surface area (Å²) >= 11 is 0. The van der Waals surface area contributed by atoms with E-state index in [1.807, 2.05) is 51.1 Å². The molecule has 8 nitrogen and oxygen atoms in total. The first-order chi connectivity index (χ1) is 16.3. The van der Waals surface area contributed by atoms with Gasteiger partial charge in [-0.25, -0.2) is 8.42 Å². The van der Waals surface area contributed by atoms with Crippen LogP contribution in [0.1, 0.15) is 40.2 Å². The Bertz CT molecular complexity index is 1100. The normalized spacial score (nSPS) is 12.5. The molecule has 1 atom stereocenters. The number of benzene rings is 2. The van der Waals surface area contributed by atoms with Gasteiger partial charge in [-0.05, 0) is 58.7 Å². The zero-order valence-corrected chi connectivity index (χ0v) is 22.3. The van der Waals surface area contributed by atoms with Crippen LogP contribution in [0, 0.1) is 0 Å². The second-order valence-corrected chi connectivity index (χ2v) is 11.3. The number of nitrogens with zero attached hydrogens (tertiary/aromatic N) is 2. The quantitative estimate of drug-likeness (QED) is 0.508. The number of ether oxygens (including phenoxy) is 1. The number of sulfonamides is 1. The van der Waals surface area contributed by atoms with Gasteiger partial charge in [-0.3, -0.25) is 13.9 Å². The highest BCUT2D eigenvalue weighted by atomic mass is 32.2. The predicted octanol–water partition coefficient (Wildman–Crippen LogP) is 3.23. The highest BCUT2D eigenvalue weighted by Gasteiger charge is 2.31. The van der Waals surface area contributed by atoms with E-state index >= 15 is 0 Å². The number of hydrogen-bond acceptors (Lipinski definition) is 5. The molecular weight excluding hydrogens is 466 g/mol. The molecule has 9 heteroatoms. The summed E-state index contributed by atoms with van der Waals surface area (Å²) in [6.07, 6.45) is 1.57. The summed E-state index contributed by atoms with van der Waals surface area (Å²) in [5, 5.41) is 2.91. The molecule has 35 heavy (non-hydrogen) atoms. The molecular formula is C26H37N3O5S. The van der Waals surface area contributed by atoms with Crippen molar-refractivity contribution in [2.45, 2.75) is 52.6 Å². The summed E-state index contributed by atoms with van der Waals surface area (Å²) in [7, 11) is -3.82. The van der Waals surface area contributed by atoms with Crippen molar-refractivity contribution in [3.8, 4) is 5.75 Å². The first-order valence-corrected chi connectivity index (χ1v) is 13.5. The number of carbonyl (C=O) groups is 2. The zero-order chi connectivity index (χ0) is 26.2. The molecule has 0 fully saturated rings. The molecule has 0 bridgehead atoms. The lowest BCUT2D eigenvalue weighted by Gasteiger charge is -2.33. The maximum absolute atomic E-state index is 13.6. The fraction of sp³-hybridized carbons (Fsp3) is 0.462. The Hall–Kier alpha value is -3.07. The van der Waals surface area contributed by atoms with Gasteiger partial charge in [0.15, 0.2) is 0 Å². The molecule has 2 rings (SSSR count). The molecule has 0 saturated carbocycles. The van der Waals surface area contributed by atoms with Crippen molar-refractivity contribution < 1.29 is 22.7 Å². The van der Waals surface area contributed by atoms with Gasteiger partial charge in [-0.1, -0.05) is 42.5 Å². The first-order valence-electron chi connectivity index (χ1n) is 11.7. The topological polar surface area (TPSA) is 96.0 Å². The van der Waals surface area contributed by atoms with Gasteiger partial charge in [-0.2, -0.15) is 0 Å². The van der Waals surface area contributed by atoms with E-state index in [4.69, 9.17) is 4.74 Å². The molecule has 0 radical (unpaired) electrons. The first kappa shape index (κ1) is 28.2. The maximum Gasteiger partial charge on any atom is 0.244 e. The van der Waals surface area contributed by atoms with E-state index in [2.05, 4.69) is 5.32 Å². The smallest absolute Gasteiger partial charge is 0.244 e. The van der Waals surface area contributed by atoms with Crippen LogP contribution in [0.3, 0.4) is 0 Å². The van der Waals surface area contributed by atoms with Crippen LogP contribution in [-0.4, -0.2) is 62.7 Å². The Morgan fingerprint density at radius 2 is 1.63 bits per heavy atom. The molecule has 1 N–H and O–H groups in total. The minimum atomic E-state index is -3.82. The second-order valence-electron chi connectivity index (χ2n) is 9.41. The molecule has 0 aliphatic carbocycles. The number of hydrogen-bond donors (Lipinski definition) is 1. The average Bonchev–Trinajstić information content (AvgIpc) is 2.77. The Balaban J connectivity index is 2.37. The Morgan fingerprint density at radius 3 is 2.20 bits per heavy atom. The third kappa shape index (κ3) is 8.58. The molecule has 2 aromatic rings. The fourth-order valence-electron chi connectivity index (χ4n) is 3.58. The van der Waals surface area contributed by atoms with Crippen molar-refractivity contribution in [3.05, 3.63) is 60.2 Å². The molecule has 0 saturated heterocycles. The van der Waals surface area contributed by atoms with E-state index in [0.29, 0.717) is 18.8 Å². The van der Waals surface area contributed by atoms with E-state index in [1.54, 1.807) is 38.1 Å². The van der Waals surface area contributed by atoms with Gasteiger partial charge in [-0.15, -0.1) is 0 Å². The summed E-state index contributed by atoms with van der Waals surface area (Å²) in [5.74, 6) is -0.420. The van der Waals surface area contributed by atoms with E-state index < -0.39 is 34.1 Å². The van der Waals surface area contributed by atoms with Crippen molar-refractivity contribution >= 4 is 27.5 Å². The van der Waals surface area contributed by atoms with E-state index in [1.165, 1.54) is 4.90 Å². The van der Waals surface area contributed by atoms with Gasteiger partial charge in [0, 0.05) is 12.1 Å². The lowest BCUT2D eigenvalue weighted by molar-refractivity contribution is -0.139. The summed E-state index contributed by atoms with van der Waals surface area (Å²) in [4.78, 5) is 28.0. The molecule has 0 aliphatic heterocycles. The summed E-state index contributed by atoms with van der Waals surface area (Å²) < 4.78 is 32.1. The van der Waals surface area contributed by atoms with Crippen LogP contribution in [0.25, 0.3) is 0 Å². The van der Waals surface area contributed by atoms with Crippen LogP contribution in [-0.2, 0) is 26.0 Å². The maximum atomic E-state index is 13.6. The molecule has 0 aromatic heterocycles. The number of carbonyl (C=O) groups excluding carboxylic acids is 2. The SMILES string of the molecule is CCOc1ccccc1N(CC(=O)N(CCc1ccccc1)C(C)C(=O)NC(C)(C)C)S(C)(=O)=O. The molecule has 2 amide bonds. The van der Waals surface area contributed by atoms with Crippen LogP contribution in [0.15, 0.2) is 54.6 Å². The Labute approximate surface area is 209 Å². The monoisotopic (exact) mass is 503 g/mol. The molecule has 2 aromatic carbocycles. The summed E-state index contributed by atoms with van der Waals surface area (Å²) in [6, 6.07) is 15.5. The number of para-hydroxylation sites is 2. The van der Waals surface area contributed by atoms with E-state index in [0.717, 1.165) is 16.1 Å². The number of amides is 2. The number of anilines is 1. The van der Waals surface area contributed by atoms with Crippen molar-refractivity contribution in [2.24, 2.45) is 0 Å². The van der Waals surface area contributed by atoms with Gasteiger partial charge in [0.25, 0.3) is 0 Å². The Kier molecular flexibility index (Phi) is 9.71. The van der Waals surface area contributed by atoms with Crippen LogP contribution in [0.5, 0.6) is 5.75 Å². The highest BCUT2D eigenvalue weighted by molar-refractivity contribution is 7.92. The predicted molar refractivity (Wildman–Crippen MR) is 139 cm³/mol. The van der Waals surface area contributed by atoms with Crippen molar-refractivity contribution in [2.75, 3.05) is 30.3 Å². The lowest BCUT2D eigenvalue weighted by atomic mass is 10.1. The van der Waals surface area contributed by atoms with Gasteiger partial charge in [0.1, 0.15) is 18.3 Å². The van der Waals surface area contributed by atoms with Crippen LogP contribution in [0.4, 0.5) is 5.69 Å². The largest absolute Gasteiger partial charge is 0.492 e. The standard InChI is InChI=1S/C26H37N3O5S/c1-7-34-23-16-12-11-15-22(23)29(35(6,32)33)19-24(30)28(18-17-21-13-9-8-10-14-21)20(2)25(31)27-26(3,4)5/h8-16,20H,7,17-19H2,1-6H3,(H,27,31). The van der Waals surface area contributed by atoms with Crippen molar-refractivity contribution in [3.63, 3.8) is 0 Å². The minimum absolute atomic E-state index is 0.256. The number of rotatable bonds is 11. The van der Waals surface area contributed by atoms with Crippen LogP contribution in [0.2, 0.25) is 0 Å². The Morgan fingerprint density at radius 1 is 1.03 bits per heavy atom. The van der Waals surface area contributed by atoms with Gasteiger partial charge < -0.3 is 15.0 Å². The third-order valence-electron chi connectivity index (χ3n) is 5.26. The van der Waals surface area contributed by atoms with Crippen LogP contribution >= 0.6 is 0 Å². The van der Waals surface area contributed by atoms with Crippen LogP contribution < -0.4 is 14.4 Å². The fourth-order valence-corrected chi connectivity index (χ4v) is 4.43. The molecule has 0 aliphatic rings. The molecule has 1 unspecified atom stereocenters.